The second-order valence-electron chi connectivity index (χ2n) is 9.57. The van der Waals surface area contributed by atoms with Gasteiger partial charge in [-0.1, -0.05) is 30.3 Å². The molecular weight excluding hydrogens is 553 g/mol. The Morgan fingerprint density at radius 1 is 1.10 bits per heavy atom. The minimum absolute atomic E-state index is 0.367. The molecule has 1 aliphatic rings. The van der Waals surface area contributed by atoms with Crippen molar-refractivity contribution in [3.8, 4) is 28.3 Å². The molecule has 13 heteroatoms. The van der Waals surface area contributed by atoms with Crippen LogP contribution in [0.5, 0.6) is 5.75 Å². The Kier molecular flexibility index (Phi) is 8.38. The van der Waals surface area contributed by atoms with Gasteiger partial charge in [0, 0.05) is 29.6 Å². The van der Waals surface area contributed by atoms with E-state index in [2.05, 4.69) is 31.3 Å². The second kappa shape index (κ2) is 12.3. The predicted molar refractivity (Wildman–Crippen MR) is 148 cm³/mol. The maximum absolute atomic E-state index is 10.6. The summed E-state index contributed by atoms with van der Waals surface area (Å²) in [7, 11) is 0. The summed E-state index contributed by atoms with van der Waals surface area (Å²) in [5, 5.41) is 15.1. The molecule has 218 valence electrons. The number of aromatic nitrogens is 4. The quantitative estimate of drug-likeness (QED) is 0.238. The van der Waals surface area contributed by atoms with Gasteiger partial charge < -0.3 is 25.3 Å². The largest absolute Gasteiger partial charge is 0.490 e. The number of alkyl halides is 3. The second-order valence-corrected chi connectivity index (χ2v) is 9.57. The molecule has 2 aromatic carbocycles. The number of pyridine rings is 1. The zero-order valence-electron chi connectivity index (χ0n) is 22.2. The molecule has 0 spiro atoms. The van der Waals surface area contributed by atoms with Crippen LogP contribution in [0.15, 0.2) is 77.6 Å². The minimum atomic E-state index is -5.08. The van der Waals surface area contributed by atoms with Crippen LogP contribution in [0.1, 0.15) is 24.4 Å². The highest BCUT2D eigenvalue weighted by atomic mass is 19.4. The van der Waals surface area contributed by atoms with Crippen molar-refractivity contribution in [2.24, 2.45) is 0 Å². The Morgan fingerprint density at radius 2 is 1.83 bits per heavy atom. The van der Waals surface area contributed by atoms with Crippen LogP contribution in [0.2, 0.25) is 0 Å². The Hall–Kier alpha value is -4.91. The van der Waals surface area contributed by atoms with E-state index in [0.717, 1.165) is 48.1 Å². The number of ether oxygens (including phenoxy) is 1. The highest BCUT2D eigenvalue weighted by Gasteiger charge is 2.38. The van der Waals surface area contributed by atoms with E-state index in [1.54, 1.807) is 6.20 Å². The van der Waals surface area contributed by atoms with E-state index in [0.29, 0.717) is 41.3 Å². The number of halogens is 3. The fourth-order valence-corrected chi connectivity index (χ4v) is 4.41. The summed E-state index contributed by atoms with van der Waals surface area (Å²) >= 11 is 0. The molecule has 5 aromatic rings. The van der Waals surface area contributed by atoms with E-state index in [9.17, 15) is 13.2 Å². The van der Waals surface area contributed by atoms with Gasteiger partial charge in [0.1, 0.15) is 23.7 Å². The minimum Gasteiger partial charge on any atom is -0.489 e. The molecule has 42 heavy (non-hydrogen) atoms. The maximum atomic E-state index is 10.6. The Bertz CT molecular complexity index is 1660. The van der Waals surface area contributed by atoms with Gasteiger partial charge in [-0.05, 0) is 49.7 Å². The molecule has 0 bridgehead atoms. The lowest BCUT2D eigenvalue weighted by atomic mass is 10.1. The van der Waals surface area contributed by atoms with Gasteiger partial charge in [0.25, 0.3) is 0 Å². The standard InChI is InChI=1S/C27H26N6O2.C2HF3O2/c28-26-23(12-19(14-30-26)20-15-31-33(16-20)21-8-10-29-11-9-21)27-32-24-7-6-22(13-25(24)35-27)34-17-18-4-2-1-3-5-18;3-2(4,5)1(6)7/h1-7,12-16,21,29H,8-11,17H2,(H2,28,30);(H,6,7). The summed E-state index contributed by atoms with van der Waals surface area (Å²) in [6.45, 7) is 2.52. The first kappa shape index (κ1) is 28.6. The number of oxazole rings is 1. The zero-order valence-corrected chi connectivity index (χ0v) is 22.2. The van der Waals surface area contributed by atoms with Crippen LogP contribution in [0.3, 0.4) is 0 Å². The Labute approximate surface area is 238 Å². The van der Waals surface area contributed by atoms with Crippen LogP contribution >= 0.6 is 0 Å². The number of anilines is 1. The first-order chi connectivity index (χ1) is 20.2. The molecule has 0 amide bonds. The lowest BCUT2D eigenvalue weighted by Crippen LogP contribution is -2.29. The normalized spacial score (nSPS) is 13.9. The number of fused-ring (bicyclic) bond motifs is 1. The summed E-state index contributed by atoms with van der Waals surface area (Å²) in [6.07, 6.45) is 2.79. The molecule has 0 unspecified atom stereocenters. The number of aliphatic carboxylic acids is 1. The van der Waals surface area contributed by atoms with Crippen molar-refractivity contribution < 1.29 is 32.2 Å². The van der Waals surface area contributed by atoms with Gasteiger partial charge in [0.15, 0.2) is 5.58 Å². The van der Waals surface area contributed by atoms with Gasteiger partial charge in [0.05, 0.1) is 17.8 Å². The van der Waals surface area contributed by atoms with Gasteiger partial charge in [-0.3, -0.25) is 4.68 Å². The first-order valence-electron chi connectivity index (χ1n) is 13.1. The highest BCUT2D eigenvalue weighted by molar-refractivity contribution is 5.81. The number of hydrogen-bond donors (Lipinski definition) is 3. The molecule has 1 aliphatic heterocycles. The van der Waals surface area contributed by atoms with Crippen LogP contribution in [0, 0.1) is 0 Å². The molecule has 3 aromatic heterocycles. The molecule has 0 radical (unpaired) electrons. The summed E-state index contributed by atoms with van der Waals surface area (Å²) in [4.78, 5) is 18.0. The van der Waals surface area contributed by atoms with Crippen molar-refractivity contribution >= 4 is 22.9 Å². The number of piperidine rings is 1. The van der Waals surface area contributed by atoms with Crippen LogP contribution in [-0.2, 0) is 11.4 Å². The van der Waals surface area contributed by atoms with Crippen LogP contribution < -0.4 is 15.8 Å². The lowest BCUT2D eigenvalue weighted by Gasteiger charge is -2.22. The fraction of sp³-hybridized carbons (Fsp3) is 0.241. The maximum Gasteiger partial charge on any atom is 0.490 e. The fourth-order valence-electron chi connectivity index (χ4n) is 4.41. The van der Waals surface area contributed by atoms with E-state index < -0.39 is 12.1 Å². The number of nitrogens with one attached hydrogen (secondary N) is 1. The number of carboxylic acid groups (broad SMARTS) is 1. The highest BCUT2D eigenvalue weighted by Crippen LogP contribution is 2.33. The van der Waals surface area contributed by atoms with Gasteiger partial charge in [-0.2, -0.15) is 18.3 Å². The van der Waals surface area contributed by atoms with Crippen molar-refractivity contribution in [1.29, 1.82) is 0 Å². The summed E-state index contributed by atoms with van der Waals surface area (Å²) < 4.78 is 45.8. The van der Waals surface area contributed by atoms with E-state index in [1.807, 2.05) is 60.8 Å². The van der Waals surface area contributed by atoms with Crippen molar-refractivity contribution in [3.05, 3.63) is 78.8 Å². The predicted octanol–water partition coefficient (Wildman–Crippen LogP) is 5.47. The number of carboxylic acids is 1. The average Bonchev–Trinajstić information content (AvgIpc) is 3.65. The Morgan fingerprint density at radius 3 is 2.55 bits per heavy atom. The zero-order chi connectivity index (χ0) is 29.7. The third kappa shape index (κ3) is 6.86. The summed E-state index contributed by atoms with van der Waals surface area (Å²) in [5.41, 5.74) is 11.3. The number of benzene rings is 2. The third-order valence-corrected chi connectivity index (χ3v) is 6.62. The first-order valence-corrected chi connectivity index (χ1v) is 13.1. The molecule has 1 saturated heterocycles. The van der Waals surface area contributed by atoms with Crippen molar-refractivity contribution in [2.45, 2.75) is 31.7 Å². The number of nitrogens with two attached hydrogens (primary N) is 1. The molecule has 0 atom stereocenters. The average molecular weight is 581 g/mol. The topological polar surface area (TPSA) is 141 Å². The molecule has 0 aliphatic carbocycles. The number of nitrogen functional groups attached to an aromatic ring is 1. The van der Waals surface area contributed by atoms with Gasteiger partial charge >= 0.3 is 12.1 Å². The molecule has 6 rings (SSSR count). The van der Waals surface area contributed by atoms with Crippen molar-refractivity contribution in [3.63, 3.8) is 0 Å². The summed E-state index contributed by atoms with van der Waals surface area (Å²) in [5.74, 6) is -1.24. The number of hydrogen-bond acceptors (Lipinski definition) is 8. The van der Waals surface area contributed by atoms with E-state index in [4.69, 9.17) is 24.8 Å². The molecule has 10 nitrogen and oxygen atoms in total. The molecule has 0 saturated carbocycles. The van der Waals surface area contributed by atoms with Crippen LogP contribution in [0.4, 0.5) is 19.0 Å². The number of rotatable bonds is 6. The van der Waals surface area contributed by atoms with Crippen molar-refractivity contribution in [2.75, 3.05) is 18.8 Å². The van der Waals surface area contributed by atoms with Gasteiger partial charge in [-0.25, -0.2) is 14.8 Å². The number of carbonyl (C=O) groups is 1. The molecule has 4 N–H and O–H groups in total. The SMILES string of the molecule is Nc1ncc(-c2cnn(C3CCNCC3)c2)cc1-c1nc2ccc(OCc3ccccc3)cc2o1.O=C(O)C(F)(F)F. The third-order valence-electron chi connectivity index (χ3n) is 6.62. The monoisotopic (exact) mass is 580 g/mol. The van der Waals surface area contributed by atoms with Crippen molar-refractivity contribution in [1.82, 2.24) is 25.1 Å². The molecule has 1 fully saturated rings. The van der Waals surface area contributed by atoms with E-state index in [1.165, 1.54) is 0 Å². The summed E-state index contributed by atoms with van der Waals surface area (Å²) in [6, 6.07) is 18.1. The van der Waals surface area contributed by atoms with E-state index >= 15 is 0 Å². The number of nitrogens with zero attached hydrogens (tertiary/aromatic N) is 4. The van der Waals surface area contributed by atoms with Gasteiger partial charge in [-0.15, -0.1) is 0 Å². The smallest absolute Gasteiger partial charge is 0.489 e. The lowest BCUT2D eigenvalue weighted by molar-refractivity contribution is -0.192. The van der Waals surface area contributed by atoms with Crippen LogP contribution in [-0.4, -0.2) is 50.1 Å². The van der Waals surface area contributed by atoms with Crippen LogP contribution in [0.25, 0.3) is 33.7 Å². The van der Waals surface area contributed by atoms with E-state index in [-0.39, 0.29) is 0 Å². The Balaban J connectivity index is 0.000000451. The molecular formula is C29H27F3N6O4. The van der Waals surface area contributed by atoms with Gasteiger partial charge in [0.2, 0.25) is 5.89 Å². The molecule has 4 heterocycles.